The van der Waals surface area contributed by atoms with Gasteiger partial charge in [0.25, 0.3) is 0 Å². The molecule has 98 valence electrons. The molecule has 0 bridgehead atoms. The standard InChI is InChI=1S/C12H17N3O3/c1-14-11(16)4-5-18-12(17)10-6-8(13)7-15(10)9-2-3-9/h6-7,9H,2-5,13H2,1H3,(H,14,16). The number of aromatic nitrogens is 1. The Kier molecular flexibility index (Phi) is 3.55. The van der Waals surface area contributed by atoms with Crippen molar-refractivity contribution in [1.82, 2.24) is 9.88 Å². The molecule has 1 aliphatic rings. The first-order valence-electron chi connectivity index (χ1n) is 5.97. The fraction of sp³-hybridized carbons (Fsp3) is 0.500. The van der Waals surface area contributed by atoms with Crippen molar-refractivity contribution < 1.29 is 14.3 Å². The Morgan fingerprint density at radius 1 is 1.56 bits per heavy atom. The Morgan fingerprint density at radius 2 is 2.28 bits per heavy atom. The summed E-state index contributed by atoms with van der Waals surface area (Å²) in [6.07, 6.45) is 4.05. The molecule has 6 heteroatoms. The molecule has 18 heavy (non-hydrogen) atoms. The average Bonchev–Trinajstić information content (AvgIpc) is 3.12. The lowest BCUT2D eigenvalue weighted by molar-refractivity contribution is -0.121. The van der Waals surface area contributed by atoms with Crippen LogP contribution in [0.25, 0.3) is 0 Å². The van der Waals surface area contributed by atoms with Crippen LogP contribution in [0.5, 0.6) is 0 Å². The van der Waals surface area contributed by atoms with E-state index in [1.807, 2.05) is 4.57 Å². The third-order valence-electron chi connectivity index (χ3n) is 2.86. The fourth-order valence-electron chi connectivity index (χ4n) is 1.75. The monoisotopic (exact) mass is 251 g/mol. The van der Waals surface area contributed by atoms with Gasteiger partial charge < -0.3 is 20.4 Å². The summed E-state index contributed by atoms with van der Waals surface area (Å²) < 4.78 is 6.92. The average molecular weight is 251 g/mol. The predicted octanol–water partition coefficient (Wildman–Crippen LogP) is 0.698. The zero-order chi connectivity index (χ0) is 13.1. The van der Waals surface area contributed by atoms with Gasteiger partial charge in [0.2, 0.25) is 5.91 Å². The largest absolute Gasteiger partial charge is 0.460 e. The lowest BCUT2D eigenvalue weighted by atomic mass is 10.4. The lowest BCUT2D eigenvalue weighted by Crippen LogP contribution is -2.21. The summed E-state index contributed by atoms with van der Waals surface area (Å²) >= 11 is 0. The van der Waals surface area contributed by atoms with Crippen molar-refractivity contribution in [2.24, 2.45) is 0 Å². The number of nitrogens with zero attached hydrogens (tertiary/aromatic N) is 1. The molecule has 3 N–H and O–H groups in total. The smallest absolute Gasteiger partial charge is 0.355 e. The van der Waals surface area contributed by atoms with Gasteiger partial charge in [0, 0.05) is 19.3 Å². The zero-order valence-corrected chi connectivity index (χ0v) is 10.3. The first kappa shape index (κ1) is 12.5. The van der Waals surface area contributed by atoms with Crippen molar-refractivity contribution in [2.45, 2.75) is 25.3 Å². The van der Waals surface area contributed by atoms with E-state index < -0.39 is 5.97 Å². The van der Waals surface area contributed by atoms with Crippen LogP contribution in [0.1, 0.15) is 35.8 Å². The van der Waals surface area contributed by atoms with Gasteiger partial charge in [0.05, 0.1) is 12.1 Å². The maximum atomic E-state index is 11.9. The first-order valence-corrected chi connectivity index (χ1v) is 5.97. The Balaban J connectivity index is 1.94. The fourth-order valence-corrected chi connectivity index (χ4v) is 1.75. The molecule has 1 heterocycles. The molecular formula is C12H17N3O3. The van der Waals surface area contributed by atoms with Gasteiger partial charge in [0.15, 0.2) is 0 Å². The van der Waals surface area contributed by atoms with Crippen LogP contribution >= 0.6 is 0 Å². The summed E-state index contributed by atoms with van der Waals surface area (Å²) in [5.41, 5.74) is 6.71. The van der Waals surface area contributed by atoms with Crippen molar-refractivity contribution in [3.63, 3.8) is 0 Å². The second-order valence-corrected chi connectivity index (χ2v) is 4.36. The minimum atomic E-state index is -0.428. The van der Waals surface area contributed by atoms with Gasteiger partial charge in [-0.25, -0.2) is 4.79 Å². The van der Waals surface area contributed by atoms with E-state index in [0.717, 1.165) is 12.8 Å². The van der Waals surface area contributed by atoms with Gasteiger partial charge in [-0.2, -0.15) is 0 Å². The van der Waals surface area contributed by atoms with Gasteiger partial charge in [-0.1, -0.05) is 0 Å². The maximum Gasteiger partial charge on any atom is 0.355 e. The number of carbonyl (C=O) groups is 2. The molecule has 2 rings (SSSR count). The summed E-state index contributed by atoms with van der Waals surface area (Å²) in [6, 6.07) is 1.98. The second kappa shape index (κ2) is 5.12. The summed E-state index contributed by atoms with van der Waals surface area (Å²) in [4.78, 5) is 22.8. The number of nitrogens with one attached hydrogen (secondary N) is 1. The normalized spacial score (nSPS) is 14.3. The summed E-state index contributed by atoms with van der Waals surface area (Å²) in [6.45, 7) is 0.0776. The molecule has 0 radical (unpaired) electrons. The Bertz CT molecular complexity index is 463. The molecule has 1 aromatic rings. The number of hydrogen-bond acceptors (Lipinski definition) is 4. The molecule has 6 nitrogen and oxygen atoms in total. The van der Waals surface area contributed by atoms with Crippen molar-refractivity contribution in [1.29, 1.82) is 0 Å². The number of ether oxygens (including phenoxy) is 1. The van der Waals surface area contributed by atoms with Crippen LogP contribution in [0.3, 0.4) is 0 Å². The highest BCUT2D eigenvalue weighted by molar-refractivity contribution is 5.89. The highest BCUT2D eigenvalue weighted by Crippen LogP contribution is 2.37. The summed E-state index contributed by atoms with van der Waals surface area (Å²) in [5.74, 6) is -0.581. The molecule has 1 aliphatic carbocycles. The molecule has 0 aromatic carbocycles. The van der Waals surface area contributed by atoms with E-state index in [2.05, 4.69) is 5.32 Å². The van der Waals surface area contributed by atoms with Gasteiger partial charge in [-0.15, -0.1) is 0 Å². The van der Waals surface area contributed by atoms with Gasteiger partial charge >= 0.3 is 5.97 Å². The van der Waals surface area contributed by atoms with Crippen LogP contribution in [0.4, 0.5) is 5.69 Å². The van der Waals surface area contributed by atoms with E-state index in [1.165, 1.54) is 0 Å². The van der Waals surface area contributed by atoms with Crippen molar-refractivity contribution in [3.8, 4) is 0 Å². The predicted molar refractivity (Wildman–Crippen MR) is 66.1 cm³/mol. The molecule has 0 unspecified atom stereocenters. The molecule has 1 amide bonds. The van der Waals surface area contributed by atoms with E-state index in [-0.39, 0.29) is 18.9 Å². The number of rotatable bonds is 5. The maximum absolute atomic E-state index is 11.9. The molecule has 0 saturated heterocycles. The SMILES string of the molecule is CNC(=O)CCOC(=O)c1cc(N)cn1C1CC1. The number of nitrogen functional groups attached to an aromatic ring is 1. The first-order chi connectivity index (χ1) is 8.61. The number of esters is 1. The van der Waals surface area contributed by atoms with Crippen molar-refractivity contribution in [3.05, 3.63) is 18.0 Å². The molecule has 0 spiro atoms. The van der Waals surface area contributed by atoms with Crippen molar-refractivity contribution in [2.75, 3.05) is 19.4 Å². The number of amides is 1. The quantitative estimate of drug-likeness (QED) is 0.754. The second-order valence-electron chi connectivity index (χ2n) is 4.36. The zero-order valence-electron chi connectivity index (χ0n) is 10.3. The van der Waals surface area contributed by atoms with E-state index in [0.29, 0.717) is 17.4 Å². The van der Waals surface area contributed by atoms with Gasteiger partial charge in [0.1, 0.15) is 12.3 Å². The Hall–Kier alpha value is -1.98. The number of anilines is 1. The molecule has 0 atom stereocenters. The van der Waals surface area contributed by atoms with E-state index in [1.54, 1.807) is 19.3 Å². The van der Waals surface area contributed by atoms with E-state index >= 15 is 0 Å². The number of hydrogen-bond donors (Lipinski definition) is 2. The third kappa shape index (κ3) is 2.82. The summed E-state index contributed by atoms with van der Waals surface area (Å²) in [5, 5.41) is 2.47. The van der Waals surface area contributed by atoms with Crippen LogP contribution in [-0.4, -0.2) is 30.1 Å². The van der Waals surface area contributed by atoms with Crippen LogP contribution in [0, 0.1) is 0 Å². The minimum Gasteiger partial charge on any atom is -0.460 e. The molecule has 1 fully saturated rings. The topological polar surface area (TPSA) is 86.3 Å². The minimum absolute atomic E-state index is 0.0776. The molecular weight excluding hydrogens is 234 g/mol. The van der Waals surface area contributed by atoms with Crippen LogP contribution in [0.2, 0.25) is 0 Å². The number of carbonyl (C=O) groups excluding carboxylic acids is 2. The Labute approximate surface area is 105 Å². The number of nitrogens with two attached hydrogens (primary N) is 1. The van der Waals surface area contributed by atoms with E-state index in [4.69, 9.17) is 10.5 Å². The van der Waals surface area contributed by atoms with E-state index in [9.17, 15) is 9.59 Å². The highest BCUT2D eigenvalue weighted by Gasteiger charge is 2.28. The Morgan fingerprint density at radius 3 is 2.89 bits per heavy atom. The third-order valence-corrected chi connectivity index (χ3v) is 2.86. The van der Waals surface area contributed by atoms with Gasteiger partial charge in [-0.05, 0) is 18.9 Å². The lowest BCUT2D eigenvalue weighted by Gasteiger charge is -2.07. The molecule has 1 aromatic heterocycles. The van der Waals surface area contributed by atoms with Crippen LogP contribution in [0.15, 0.2) is 12.3 Å². The summed E-state index contributed by atoms with van der Waals surface area (Å²) in [7, 11) is 1.54. The molecule has 1 saturated carbocycles. The van der Waals surface area contributed by atoms with Gasteiger partial charge in [-0.3, -0.25) is 4.79 Å². The molecule has 0 aliphatic heterocycles. The van der Waals surface area contributed by atoms with Crippen molar-refractivity contribution >= 4 is 17.6 Å². The van der Waals surface area contributed by atoms with Crippen LogP contribution < -0.4 is 11.1 Å². The van der Waals surface area contributed by atoms with Crippen LogP contribution in [-0.2, 0) is 9.53 Å². The highest BCUT2D eigenvalue weighted by atomic mass is 16.5.